The molecule has 0 saturated carbocycles. The highest BCUT2D eigenvalue weighted by molar-refractivity contribution is 5.97. The van der Waals surface area contributed by atoms with Gasteiger partial charge < -0.3 is 14.2 Å². The van der Waals surface area contributed by atoms with E-state index >= 15 is 0 Å². The minimum absolute atomic E-state index is 0.102. The fourth-order valence-corrected chi connectivity index (χ4v) is 5.22. The van der Waals surface area contributed by atoms with Gasteiger partial charge in [0.15, 0.2) is 5.78 Å². The monoisotopic (exact) mass is 456 g/mol. The normalized spacial score (nSPS) is 18.8. The predicted octanol–water partition coefficient (Wildman–Crippen LogP) is 3.76. The zero-order chi connectivity index (χ0) is 23.7. The quantitative estimate of drug-likeness (QED) is 0.546. The number of aryl methyl sites for hydroxylation is 1. The molecule has 0 aliphatic carbocycles. The van der Waals surface area contributed by atoms with Crippen LogP contribution in [-0.2, 0) is 23.0 Å². The summed E-state index contributed by atoms with van der Waals surface area (Å²) in [6.45, 7) is 2.19. The highest BCUT2D eigenvalue weighted by Crippen LogP contribution is 2.35. The summed E-state index contributed by atoms with van der Waals surface area (Å²) in [5.74, 6) is 0.413. The topological polar surface area (TPSA) is 88.2 Å². The van der Waals surface area contributed by atoms with Crippen LogP contribution in [0.25, 0.3) is 10.9 Å². The molecule has 7 heteroatoms. The van der Waals surface area contributed by atoms with Crippen molar-refractivity contribution in [3.63, 3.8) is 0 Å². The molecule has 0 spiro atoms. The van der Waals surface area contributed by atoms with E-state index in [1.807, 2.05) is 18.0 Å². The molecule has 0 N–H and O–H groups in total. The van der Waals surface area contributed by atoms with E-state index in [1.54, 1.807) is 12.1 Å². The minimum Gasteiger partial charge on any atom is -0.368 e. The fraction of sp³-hybridized carbons (Fsp3) is 0.407. The van der Waals surface area contributed by atoms with Gasteiger partial charge in [-0.15, -0.1) is 0 Å². The Morgan fingerprint density at radius 3 is 2.74 bits per heavy atom. The highest BCUT2D eigenvalue weighted by atomic mass is 16.5. The molecule has 0 bridgehead atoms. The molecule has 1 unspecified atom stereocenters. The van der Waals surface area contributed by atoms with Gasteiger partial charge in [-0.1, -0.05) is 6.07 Å². The van der Waals surface area contributed by atoms with E-state index < -0.39 is 0 Å². The van der Waals surface area contributed by atoms with Gasteiger partial charge in [-0.05, 0) is 67.0 Å². The van der Waals surface area contributed by atoms with E-state index in [0.717, 1.165) is 55.2 Å². The molecule has 1 aromatic carbocycles. The van der Waals surface area contributed by atoms with E-state index in [1.165, 1.54) is 11.8 Å². The minimum atomic E-state index is -0.252. The number of rotatable bonds is 5. The van der Waals surface area contributed by atoms with Crippen molar-refractivity contribution < 1.29 is 14.3 Å². The van der Waals surface area contributed by atoms with E-state index in [-0.39, 0.29) is 24.2 Å². The molecule has 2 aromatic heterocycles. The van der Waals surface area contributed by atoms with Gasteiger partial charge in [-0.3, -0.25) is 14.6 Å². The van der Waals surface area contributed by atoms with E-state index in [9.17, 15) is 9.59 Å². The number of ketones is 1. The Bertz CT molecular complexity index is 1270. The number of carbonyl (C=O) groups is 2. The van der Waals surface area contributed by atoms with Crippen LogP contribution in [0.2, 0.25) is 0 Å². The molecule has 7 nitrogen and oxygen atoms in total. The Labute approximate surface area is 198 Å². The summed E-state index contributed by atoms with van der Waals surface area (Å²) >= 11 is 0. The van der Waals surface area contributed by atoms with Gasteiger partial charge in [0.2, 0.25) is 0 Å². The summed E-state index contributed by atoms with van der Waals surface area (Å²) in [6.07, 6.45) is 7.32. The molecule has 174 valence electrons. The maximum atomic E-state index is 12.8. The third-order valence-electron chi connectivity index (χ3n) is 7.08. The number of Topliss-reactive ketones (excluding diaryl/α,β-unsaturated/α-hetero) is 1. The number of aromatic nitrogens is 2. The molecular formula is C27H28N4O3. The zero-order valence-electron chi connectivity index (χ0n) is 19.4. The van der Waals surface area contributed by atoms with Crippen LogP contribution < -0.4 is 0 Å². The predicted molar refractivity (Wildman–Crippen MR) is 127 cm³/mol. The van der Waals surface area contributed by atoms with Crippen molar-refractivity contribution in [2.24, 2.45) is 7.05 Å². The number of benzene rings is 1. The van der Waals surface area contributed by atoms with Crippen LogP contribution >= 0.6 is 0 Å². The number of piperidine rings is 1. The van der Waals surface area contributed by atoms with Crippen LogP contribution in [0.4, 0.5) is 0 Å². The molecule has 34 heavy (non-hydrogen) atoms. The number of pyridine rings is 1. The van der Waals surface area contributed by atoms with Gasteiger partial charge in [0, 0.05) is 56.5 Å². The summed E-state index contributed by atoms with van der Waals surface area (Å²) in [7, 11) is 2.05. The van der Waals surface area contributed by atoms with Gasteiger partial charge in [-0.2, -0.15) is 5.26 Å². The summed E-state index contributed by atoms with van der Waals surface area (Å²) < 4.78 is 7.72. The molecule has 5 rings (SSSR count). The van der Waals surface area contributed by atoms with Crippen LogP contribution in [0.15, 0.2) is 42.7 Å². The highest BCUT2D eigenvalue weighted by Gasteiger charge is 2.32. The lowest BCUT2D eigenvalue weighted by atomic mass is 9.88. The van der Waals surface area contributed by atoms with Crippen LogP contribution in [-0.4, -0.2) is 51.9 Å². The van der Waals surface area contributed by atoms with Crippen LogP contribution in [0.5, 0.6) is 0 Å². The Morgan fingerprint density at radius 2 is 2.00 bits per heavy atom. The number of hydrogen-bond acceptors (Lipinski definition) is 5. The van der Waals surface area contributed by atoms with Gasteiger partial charge >= 0.3 is 0 Å². The van der Waals surface area contributed by atoms with Gasteiger partial charge in [-0.25, -0.2) is 0 Å². The summed E-state index contributed by atoms with van der Waals surface area (Å²) in [5, 5.41) is 10.3. The van der Waals surface area contributed by atoms with Crippen molar-refractivity contribution in [3.05, 3.63) is 65.1 Å². The Balaban J connectivity index is 1.32. The molecule has 2 fully saturated rings. The first-order chi connectivity index (χ1) is 16.5. The second kappa shape index (κ2) is 9.40. The smallest absolute Gasteiger partial charge is 0.251 e. The van der Waals surface area contributed by atoms with Gasteiger partial charge in [0.25, 0.3) is 5.91 Å². The average Bonchev–Trinajstić information content (AvgIpc) is 3.52. The lowest BCUT2D eigenvalue weighted by molar-refractivity contribution is -0.142. The second-order valence-corrected chi connectivity index (χ2v) is 9.29. The maximum Gasteiger partial charge on any atom is 0.251 e. The first kappa shape index (κ1) is 22.3. The lowest BCUT2D eigenvalue weighted by Gasteiger charge is -2.33. The Kier molecular flexibility index (Phi) is 6.16. The number of nitrogens with zero attached hydrogens (tertiary/aromatic N) is 4. The van der Waals surface area contributed by atoms with Gasteiger partial charge in [0.05, 0.1) is 11.6 Å². The zero-order valence-corrected chi connectivity index (χ0v) is 19.4. The third-order valence-corrected chi connectivity index (χ3v) is 7.08. The largest absolute Gasteiger partial charge is 0.368 e. The Morgan fingerprint density at radius 1 is 1.18 bits per heavy atom. The number of fused-ring (bicyclic) bond motifs is 1. The molecular weight excluding hydrogens is 428 g/mol. The standard InChI is InChI=1S/C27H28N4O3/c1-30-17-22(20-7-10-31(11-8-20)27(33)26-3-2-12-34-26)21-13-18(4-5-24(21)30)15-25(32)23-14-19(16-28)6-9-29-23/h4-6,9,13-14,17,20,26H,2-3,7-8,10-12,15H2,1H3. The summed E-state index contributed by atoms with van der Waals surface area (Å²) in [4.78, 5) is 31.6. The number of amides is 1. The number of hydrogen-bond donors (Lipinski definition) is 0. The van der Waals surface area contributed by atoms with Crippen molar-refractivity contribution in [1.29, 1.82) is 5.26 Å². The second-order valence-electron chi connectivity index (χ2n) is 9.29. The number of carbonyl (C=O) groups excluding carboxylic acids is 2. The van der Waals surface area contributed by atoms with E-state index in [2.05, 4.69) is 33.9 Å². The van der Waals surface area contributed by atoms with Crippen LogP contribution in [0, 0.1) is 11.3 Å². The van der Waals surface area contributed by atoms with Crippen molar-refractivity contribution >= 4 is 22.6 Å². The van der Waals surface area contributed by atoms with E-state index in [0.29, 0.717) is 23.8 Å². The van der Waals surface area contributed by atoms with Crippen molar-refractivity contribution in [3.8, 4) is 6.07 Å². The SMILES string of the molecule is Cn1cc(C2CCN(C(=O)C3CCCO3)CC2)c2cc(CC(=O)c3cc(C#N)ccn3)ccc21. The average molecular weight is 457 g/mol. The first-order valence-corrected chi connectivity index (χ1v) is 11.9. The number of ether oxygens (including phenoxy) is 1. The lowest BCUT2D eigenvalue weighted by Crippen LogP contribution is -2.43. The van der Waals surface area contributed by atoms with Crippen molar-refractivity contribution in [2.45, 2.75) is 44.1 Å². The molecule has 0 radical (unpaired) electrons. The number of nitriles is 1. The van der Waals surface area contributed by atoms with Crippen molar-refractivity contribution in [2.75, 3.05) is 19.7 Å². The molecule has 2 aliphatic heterocycles. The molecule has 1 atom stereocenters. The fourth-order valence-electron chi connectivity index (χ4n) is 5.22. The van der Waals surface area contributed by atoms with Crippen LogP contribution in [0.1, 0.15) is 58.8 Å². The van der Waals surface area contributed by atoms with Crippen LogP contribution in [0.3, 0.4) is 0 Å². The van der Waals surface area contributed by atoms with Crippen molar-refractivity contribution in [1.82, 2.24) is 14.5 Å². The summed E-state index contributed by atoms with van der Waals surface area (Å²) in [6, 6.07) is 11.4. The molecule has 3 aromatic rings. The number of likely N-dealkylation sites (tertiary alicyclic amines) is 1. The molecule has 1 amide bonds. The first-order valence-electron chi connectivity index (χ1n) is 11.9. The molecule has 2 aliphatic rings. The third kappa shape index (κ3) is 4.34. The Hall–Kier alpha value is -3.50. The van der Waals surface area contributed by atoms with Gasteiger partial charge in [0.1, 0.15) is 11.8 Å². The summed E-state index contributed by atoms with van der Waals surface area (Å²) in [5.41, 5.74) is 4.09. The molecule has 2 saturated heterocycles. The van der Waals surface area contributed by atoms with E-state index in [4.69, 9.17) is 10.00 Å². The molecule has 4 heterocycles. The maximum absolute atomic E-state index is 12.8.